The SMILES string of the molecule is CNC(c1c(F)cc(F)cc1F)C1CCOC2(CCC2)C1. The molecule has 1 heterocycles. The van der Waals surface area contributed by atoms with E-state index in [0.717, 1.165) is 44.2 Å². The first kappa shape index (κ1) is 14.9. The summed E-state index contributed by atoms with van der Waals surface area (Å²) in [5.74, 6) is -2.42. The van der Waals surface area contributed by atoms with E-state index in [1.807, 2.05) is 0 Å². The molecule has 0 bridgehead atoms. The minimum Gasteiger partial charge on any atom is -0.375 e. The first-order valence-corrected chi connectivity index (χ1v) is 7.50. The van der Waals surface area contributed by atoms with Crippen molar-refractivity contribution in [2.45, 2.75) is 43.7 Å². The lowest BCUT2D eigenvalue weighted by Gasteiger charge is -2.48. The Morgan fingerprint density at radius 3 is 2.43 bits per heavy atom. The molecule has 1 aromatic carbocycles. The molecule has 2 aliphatic rings. The summed E-state index contributed by atoms with van der Waals surface area (Å²) >= 11 is 0. The van der Waals surface area contributed by atoms with E-state index in [0.29, 0.717) is 6.61 Å². The van der Waals surface area contributed by atoms with Gasteiger partial charge in [0.2, 0.25) is 0 Å². The Balaban J connectivity index is 1.88. The minimum atomic E-state index is -0.883. The Morgan fingerprint density at radius 1 is 1.24 bits per heavy atom. The van der Waals surface area contributed by atoms with Crippen LogP contribution in [-0.2, 0) is 4.74 Å². The highest BCUT2D eigenvalue weighted by atomic mass is 19.1. The third-order valence-corrected chi connectivity index (χ3v) is 4.93. The van der Waals surface area contributed by atoms with Gasteiger partial charge >= 0.3 is 0 Å². The number of halogens is 3. The van der Waals surface area contributed by atoms with Crippen LogP contribution in [-0.4, -0.2) is 19.3 Å². The summed E-state index contributed by atoms with van der Waals surface area (Å²) in [6.07, 6.45) is 4.75. The van der Waals surface area contributed by atoms with Gasteiger partial charge in [-0.2, -0.15) is 0 Å². The zero-order valence-electron chi connectivity index (χ0n) is 12.1. The maximum Gasteiger partial charge on any atom is 0.133 e. The number of benzene rings is 1. The third-order valence-electron chi connectivity index (χ3n) is 4.93. The molecule has 2 unspecified atom stereocenters. The molecule has 1 aromatic rings. The van der Waals surface area contributed by atoms with Gasteiger partial charge in [0.1, 0.15) is 17.5 Å². The summed E-state index contributed by atoms with van der Waals surface area (Å²) in [6.45, 7) is 0.618. The van der Waals surface area contributed by atoms with Crippen molar-refractivity contribution in [1.82, 2.24) is 5.32 Å². The minimum absolute atomic E-state index is 0.0553. The lowest BCUT2D eigenvalue weighted by molar-refractivity contribution is -0.147. The Hall–Kier alpha value is -1.07. The summed E-state index contributed by atoms with van der Waals surface area (Å²) in [4.78, 5) is 0. The van der Waals surface area contributed by atoms with Gasteiger partial charge in [-0.25, -0.2) is 13.2 Å². The number of ether oxygens (including phenoxy) is 1. The first-order chi connectivity index (χ1) is 10.0. The highest BCUT2D eigenvalue weighted by Gasteiger charge is 2.45. The Labute approximate surface area is 122 Å². The highest BCUT2D eigenvalue weighted by molar-refractivity contribution is 5.25. The van der Waals surface area contributed by atoms with Crippen molar-refractivity contribution in [3.05, 3.63) is 35.1 Å². The molecule has 1 spiro atoms. The molecular weight excluding hydrogens is 279 g/mol. The largest absolute Gasteiger partial charge is 0.375 e. The molecule has 1 saturated carbocycles. The van der Waals surface area contributed by atoms with Crippen LogP contribution in [0.25, 0.3) is 0 Å². The van der Waals surface area contributed by atoms with Gasteiger partial charge in [-0.05, 0) is 45.1 Å². The molecular formula is C16H20F3NO. The van der Waals surface area contributed by atoms with Gasteiger partial charge in [0, 0.05) is 30.3 Å². The molecule has 1 saturated heterocycles. The highest BCUT2D eigenvalue weighted by Crippen LogP contribution is 2.47. The van der Waals surface area contributed by atoms with Gasteiger partial charge in [-0.1, -0.05) is 0 Å². The zero-order chi connectivity index (χ0) is 15.0. The van der Waals surface area contributed by atoms with Crippen LogP contribution in [0.4, 0.5) is 13.2 Å². The molecule has 2 atom stereocenters. The van der Waals surface area contributed by atoms with E-state index in [-0.39, 0.29) is 17.1 Å². The molecule has 0 radical (unpaired) electrons. The molecule has 0 amide bonds. The molecule has 21 heavy (non-hydrogen) atoms. The summed E-state index contributed by atoms with van der Waals surface area (Å²) in [5.41, 5.74) is -0.148. The number of hydrogen-bond donors (Lipinski definition) is 1. The normalized spacial score (nSPS) is 25.6. The molecule has 0 aromatic heterocycles. The average Bonchev–Trinajstić information content (AvgIpc) is 2.41. The predicted molar refractivity (Wildman–Crippen MR) is 73.4 cm³/mol. The van der Waals surface area contributed by atoms with Gasteiger partial charge in [0.25, 0.3) is 0 Å². The fourth-order valence-corrected chi connectivity index (χ4v) is 3.74. The number of rotatable bonds is 3. The van der Waals surface area contributed by atoms with E-state index in [2.05, 4.69) is 5.32 Å². The van der Waals surface area contributed by atoms with Crippen LogP contribution >= 0.6 is 0 Å². The predicted octanol–water partition coefficient (Wildman–Crippen LogP) is 3.71. The van der Waals surface area contributed by atoms with Crippen molar-refractivity contribution in [3.8, 4) is 0 Å². The third kappa shape index (κ3) is 2.69. The fourth-order valence-electron chi connectivity index (χ4n) is 3.74. The second-order valence-corrected chi connectivity index (χ2v) is 6.19. The van der Waals surface area contributed by atoms with Crippen molar-refractivity contribution in [2.24, 2.45) is 5.92 Å². The fraction of sp³-hybridized carbons (Fsp3) is 0.625. The monoisotopic (exact) mass is 299 g/mol. The van der Waals surface area contributed by atoms with Gasteiger partial charge in [-0.15, -0.1) is 0 Å². The van der Waals surface area contributed by atoms with Gasteiger partial charge in [-0.3, -0.25) is 0 Å². The lowest BCUT2D eigenvalue weighted by atomic mass is 9.69. The molecule has 5 heteroatoms. The van der Waals surface area contributed by atoms with E-state index in [1.165, 1.54) is 0 Å². The van der Waals surface area contributed by atoms with Crippen LogP contribution in [0, 0.1) is 23.4 Å². The van der Waals surface area contributed by atoms with Crippen LogP contribution in [0.15, 0.2) is 12.1 Å². The Bertz CT molecular complexity index is 507. The van der Waals surface area contributed by atoms with Crippen LogP contribution < -0.4 is 5.32 Å². The van der Waals surface area contributed by atoms with Crippen LogP contribution in [0.1, 0.15) is 43.7 Å². The number of nitrogens with one attached hydrogen (secondary N) is 1. The molecule has 1 aliphatic carbocycles. The average molecular weight is 299 g/mol. The molecule has 2 fully saturated rings. The van der Waals surface area contributed by atoms with Crippen LogP contribution in [0.5, 0.6) is 0 Å². The number of hydrogen-bond acceptors (Lipinski definition) is 2. The second kappa shape index (κ2) is 5.61. The summed E-state index contributed by atoms with van der Waals surface area (Å²) < 4.78 is 47.0. The van der Waals surface area contributed by atoms with Gasteiger partial charge < -0.3 is 10.1 Å². The first-order valence-electron chi connectivity index (χ1n) is 7.50. The van der Waals surface area contributed by atoms with Crippen molar-refractivity contribution in [3.63, 3.8) is 0 Å². The van der Waals surface area contributed by atoms with E-state index in [4.69, 9.17) is 4.74 Å². The van der Waals surface area contributed by atoms with Crippen molar-refractivity contribution >= 4 is 0 Å². The van der Waals surface area contributed by atoms with Crippen LogP contribution in [0.2, 0.25) is 0 Å². The van der Waals surface area contributed by atoms with E-state index < -0.39 is 23.5 Å². The van der Waals surface area contributed by atoms with Gasteiger partial charge in [0.05, 0.1) is 5.60 Å². The quantitative estimate of drug-likeness (QED) is 0.918. The van der Waals surface area contributed by atoms with Crippen molar-refractivity contribution < 1.29 is 17.9 Å². The van der Waals surface area contributed by atoms with Crippen molar-refractivity contribution in [1.29, 1.82) is 0 Å². The molecule has 1 aliphatic heterocycles. The maximum atomic E-state index is 14.0. The zero-order valence-corrected chi connectivity index (χ0v) is 12.1. The second-order valence-electron chi connectivity index (χ2n) is 6.19. The molecule has 116 valence electrons. The molecule has 2 nitrogen and oxygen atoms in total. The van der Waals surface area contributed by atoms with E-state index in [9.17, 15) is 13.2 Å². The van der Waals surface area contributed by atoms with Gasteiger partial charge in [0.15, 0.2) is 0 Å². The van der Waals surface area contributed by atoms with E-state index in [1.54, 1.807) is 7.05 Å². The smallest absolute Gasteiger partial charge is 0.133 e. The Kier molecular flexibility index (Phi) is 3.97. The molecule has 1 N–H and O–H groups in total. The van der Waals surface area contributed by atoms with Crippen molar-refractivity contribution in [2.75, 3.05) is 13.7 Å². The summed E-state index contributed by atoms with van der Waals surface area (Å²) in [7, 11) is 1.69. The maximum absolute atomic E-state index is 14.0. The summed E-state index contributed by atoms with van der Waals surface area (Å²) in [6, 6.07) is 1.05. The summed E-state index contributed by atoms with van der Waals surface area (Å²) in [5, 5.41) is 3.02. The van der Waals surface area contributed by atoms with E-state index >= 15 is 0 Å². The molecule has 3 rings (SSSR count). The standard InChI is InChI=1S/C16H20F3NO/c1-20-15(14-12(18)7-11(17)8-13(14)19)10-3-6-21-16(9-10)4-2-5-16/h7-8,10,15,20H,2-6,9H2,1H3. The topological polar surface area (TPSA) is 21.3 Å². The lowest BCUT2D eigenvalue weighted by Crippen LogP contribution is -2.48. The van der Waals surface area contributed by atoms with Crippen LogP contribution in [0.3, 0.4) is 0 Å². The Morgan fingerprint density at radius 2 is 1.90 bits per heavy atom.